The summed E-state index contributed by atoms with van der Waals surface area (Å²) in [5, 5.41) is 0. The van der Waals surface area contributed by atoms with Crippen LogP contribution in [0.15, 0.2) is 73.0 Å². The van der Waals surface area contributed by atoms with Crippen molar-refractivity contribution in [2.75, 3.05) is 6.61 Å². The van der Waals surface area contributed by atoms with Gasteiger partial charge in [0.15, 0.2) is 0 Å². The molecule has 2 unspecified atom stereocenters. The Labute approximate surface area is 118 Å². The van der Waals surface area contributed by atoms with Crippen molar-refractivity contribution in [1.29, 1.82) is 0 Å². The first-order valence-corrected chi connectivity index (χ1v) is 6.62. The van der Waals surface area contributed by atoms with Gasteiger partial charge in [0.05, 0.1) is 6.26 Å². The van der Waals surface area contributed by atoms with Crippen molar-refractivity contribution in [3.05, 3.63) is 78.6 Å². The summed E-state index contributed by atoms with van der Waals surface area (Å²) in [7, 11) is 0. The molecule has 0 N–H and O–H groups in total. The standard InChI is InChI=1S/C17H16O3/c1-3-7-14(8-4-1)17-18-12-11-16(20-17)13-19-15-9-5-2-6-10-15/h1-12,16-17H,13H2. The van der Waals surface area contributed by atoms with Crippen LogP contribution < -0.4 is 4.74 Å². The maximum atomic E-state index is 5.86. The van der Waals surface area contributed by atoms with Gasteiger partial charge in [0.25, 0.3) is 0 Å². The normalized spacial score (nSPS) is 21.2. The Morgan fingerprint density at radius 2 is 1.60 bits per heavy atom. The molecule has 0 aromatic heterocycles. The van der Waals surface area contributed by atoms with E-state index in [-0.39, 0.29) is 12.4 Å². The second-order valence-electron chi connectivity index (χ2n) is 4.51. The summed E-state index contributed by atoms with van der Waals surface area (Å²) in [4.78, 5) is 0. The maximum Gasteiger partial charge on any atom is 0.226 e. The summed E-state index contributed by atoms with van der Waals surface area (Å²) in [6.45, 7) is 0.465. The third-order valence-electron chi connectivity index (χ3n) is 3.02. The van der Waals surface area contributed by atoms with Crippen LogP contribution in [0.5, 0.6) is 5.75 Å². The molecule has 1 aliphatic heterocycles. The van der Waals surface area contributed by atoms with Gasteiger partial charge in [0.2, 0.25) is 6.29 Å². The quantitative estimate of drug-likeness (QED) is 0.846. The zero-order valence-electron chi connectivity index (χ0n) is 11.0. The summed E-state index contributed by atoms with van der Waals surface area (Å²) in [5.74, 6) is 0.840. The van der Waals surface area contributed by atoms with Crippen molar-refractivity contribution >= 4 is 0 Å². The molecule has 3 rings (SSSR count). The fourth-order valence-corrected chi connectivity index (χ4v) is 2.00. The van der Waals surface area contributed by atoms with E-state index in [1.807, 2.05) is 66.7 Å². The number of hydrogen-bond donors (Lipinski definition) is 0. The van der Waals surface area contributed by atoms with Crippen molar-refractivity contribution in [2.24, 2.45) is 0 Å². The van der Waals surface area contributed by atoms with Gasteiger partial charge in [-0.15, -0.1) is 0 Å². The van der Waals surface area contributed by atoms with Crippen LogP contribution in [-0.4, -0.2) is 12.7 Å². The van der Waals surface area contributed by atoms with E-state index in [1.165, 1.54) is 0 Å². The number of para-hydroxylation sites is 1. The van der Waals surface area contributed by atoms with Crippen LogP contribution in [-0.2, 0) is 9.47 Å². The fourth-order valence-electron chi connectivity index (χ4n) is 2.00. The van der Waals surface area contributed by atoms with E-state index in [4.69, 9.17) is 14.2 Å². The van der Waals surface area contributed by atoms with E-state index >= 15 is 0 Å². The van der Waals surface area contributed by atoms with Gasteiger partial charge >= 0.3 is 0 Å². The summed E-state index contributed by atoms with van der Waals surface area (Å²) in [5.41, 5.74) is 1.00. The molecule has 2 aromatic carbocycles. The SMILES string of the molecule is C1=CC(COc2ccccc2)OC(c2ccccc2)O1. The number of rotatable bonds is 4. The van der Waals surface area contributed by atoms with Crippen LogP contribution >= 0.6 is 0 Å². The average Bonchev–Trinajstić information content (AvgIpc) is 2.55. The van der Waals surface area contributed by atoms with Gasteiger partial charge in [-0.05, 0) is 18.2 Å². The molecule has 102 valence electrons. The van der Waals surface area contributed by atoms with Crippen LogP contribution in [0.3, 0.4) is 0 Å². The van der Waals surface area contributed by atoms with E-state index in [9.17, 15) is 0 Å². The molecule has 0 saturated carbocycles. The van der Waals surface area contributed by atoms with Gasteiger partial charge in [0.1, 0.15) is 18.5 Å². The predicted molar refractivity (Wildman–Crippen MR) is 76.2 cm³/mol. The predicted octanol–water partition coefficient (Wildman–Crippen LogP) is 3.69. The maximum absolute atomic E-state index is 5.86. The molecular weight excluding hydrogens is 252 g/mol. The van der Waals surface area contributed by atoms with Gasteiger partial charge in [-0.25, -0.2) is 0 Å². The highest BCUT2D eigenvalue weighted by Crippen LogP contribution is 2.25. The van der Waals surface area contributed by atoms with Crippen LogP contribution in [0.4, 0.5) is 0 Å². The molecule has 0 bridgehead atoms. The number of benzene rings is 2. The summed E-state index contributed by atoms with van der Waals surface area (Å²) < 4.78 is 17.0. The molecule has 2 atom stereocenters. The Bertz CT molecular complexity index is 551. The summed E-state index contributed by atoms with van der Waals surface area (Å²) in [6.07, 6.45) is 3.06. The Morgan fingerprint density at radius 3 is 2.35 bits per heavy atom. The Hall–Kier alpha value is -2.26. The van der Waals surface area contributed by atoms with Crippen molar-refractivity contribution in [1.82, 2.24) is 0 Å². The smallest absolute Gasteiger partial charge is 0.226 e. The van der Waals surface area contributed by atoms with E-state index in [0.29, 0.717) is 6.61 Å². The lowest BCUT2D eigenvalue weighted by Gasteiger charge is -2.26. The van der Waals surface area contributed by atoms with Crippen molar-refractivity contribution in [2.45, 2.75) is 12.4 Å². The zero-order chi connectivity index (χ0) is 13.6. The van der Waals surface area contributed by atoms with Gasteiger partial charge in [-0.3, -0.25) is 0 Å². The summed E-state index contributed by atoms with van der Waals surface area (Å²) >= 11 is 0. The van der Waals surface area contributed by atoms with Crippen molar-refractivity contribution < 1.29 is 14.2 Å². The highest BCUT2D eigenvalue weighted by atomic mass is 16.7. The second-order valence-corrected chi connectivity index (χ2v) is 4.51. The highest BCUT2D eigenvalue weighted by Gasteiger charge is 2.21. The topological polar surface area (TPSA) is 27.7 Å². The third kappa shape index (κ3) is 3.19. The van der Waals surface area contributed by atoms with Gasteiger partial charge in [-0.2, -0.15) is 0 Å². The molecule has 2 aromatic rings. The first-order valence-electron chi connectivity index (χ1n) is 6.62. The highest BCUT2D eigenvalue weighted by molar-refractivity contribution is 5.21. The van der Waals surface area contributed by atoms with Crippen molar-refractivity contribution in [3.63, 3.8) is 0 Å². The lowest BCUT2D eigenvalue weighted by molar-refractivity contribution is -0.154. The Balaban J connectivity index is 1.59. The molecular formula is C17H16O3. The minimum atomic E-state index is -0.370. The Morgan fingerprint density at radius 1 is 0.900 bits per heavy atom. The molecule has 0 amide bonds. The lowest BCUT2D eigenvalue weighted by atomic mass is 10.2. The molecule has 20 heavy (non-hydrogen) atoms. The van der Waals surface area contributed by atoms with Gasteiger partial charge in [0, 0.05) is 5.56 Å². The zero-order valence-corrected chi connectivity index (χ0v) is 11.0. The molecule has 0 aliphatic carbocycles. The van der Waals surface area contributed by atoms with Crippen LogP contribution in [0.25, 0.3) is 0 Å². The van der Waals surface area contributed by atoms with E-state index in [1.54, 1.807) is 6.26 Å². The largest absolute Gasteiger partial charge is 0.491 e. The van der Waals surface area contributed by atoms with E-state index in [2.05, 4.69) is 0 Å². The first kappa shape index (κ1) is 12.8. The molecule has 0 fully saturated rings. The molecule has 0 spiro atoms. The van der Waals surface area contributed by atoms with Gasteiger partial charge < -0.3 is 14.2 Å². The van der Waals surface area contributed by atoms with Crippen molar-refractivity contribution in [3.8, 4) is 5.75 Å². The van der Waals surface area contributed by atoms with Crippen LogP contribution in [0, 0.1) is 0 Å². The monoisotopic (exact) mass is 268 g/mol. The number of hydrogen-bond acceptors (Lipinski definition) is 3. The van der Waals surface area contributed by atoms with Crippen LogP contribution in [0.1, 0.15) is 11.9 Å². The third-order valence-corrected chi connectivity index (χ3v) is 3.02. The number of ether oxygens (including phenoxy) is 3. The minimum absolute atomic E-state index is 0.117. The molecule has 0 saturated heterocycles. The molecule has 3 heteroatoms. The first-order chi connectivity index (χ1) is 9.92. The minimum Gasteiger partial charge on any atom is -0.491 e. The molecule has 1 heterocycles. The molecule has 1 aliphatic rings. The average molecular weight is 268 g/mol. The lowest BCUT2D eigenvalue weighted by Crippen LogP contribution is -2.25. The van der Waals surface area contributed by atoms with Crippen LogP contribution in [0.2, 0.25) is 0 Å². The van der Waals surface area contributed by atoms with E-state index in [0.717, 1.165) is 11.3 Å². The fraction of sp³-hybridized carbons (Fsp3) is 0.176. The second kappa shape index (κ2) is 6.26. The Kier molecular flexibility index (Phi) is 3.99. The molecule has 0 radical (unpaired) electrons. The summed E-state index contributed by atoms with van der Waals surface area (Å²) in [6, 6.07) is 19.6. The van der Waals surface area contributed by atoms with E-state index < -0.39 is 0 Å². The molecule has 3 nitrogen and oxygen atoms in total. The van der Waals surface area contributed by atoms with Gasteiger partial charge in [-0.1, -0.05) is 48.5 Å².